The highest BCUT2D eigenvalue weighted by Crippen LogP contribution is 2.46. The molecule has 2 aromatic rings. The molecule has 0 unspecified atom stereocenters. The van der Waals surface area contributed by atoms with Gasteiger partial charge in [-0.1, -0.05) is 60.7 Å². The summed E-state index contributed by atoms with van der Waals surface area (Å²) < 4.78 is 16.7. The van der Waals surface area contributed by atoms with Crippen LogP contribution in [0, 0.1) is 0 Å². The van der Waals surface area contributed by atoms with E-state index >= 15 is 0 Å². The Labute approximate surface area is 181 Å². The summed E-state index contributed by atoms with van der Waals surface area (Å²) >= 11 is 0. The summed E-state index contributed by atoms with van der Waals surface area (Å²) in [7, 11) is 0. The second-order valence-electron chi connectivity index (χ2n) is 7.46. The molecular weight excluding hydrogens is 396 g/mol. The lowest BCUT2D eigenvalue weighted by molar-refractivity contribution is -0.146. The number of hydrogen-bond donors (Lipinski definition) is 0. The van der Waals surface area contributed by atoms with E-state index in [9.17, 15) is 14.4 Å². The Hall–Kier alpha value is -3.41. The number of Topliss-reactive ketones (excluding diaryl/α,β-unsaturated/α-hetero) is 1. The summed E-state index contributed by atoms with van der Waals surface area (Å²) in [6.45, 7) is 3.29. The molecule has 162 valence electrons. The van der Waals surface area contributed by atoms with Crippen LogP contribution in [0.1, 0.15) is 44.2 Å². The molecule has 1 aliphatic heterocycles. The summed E-state index contributed by atoms with van der Waals surface area (Å²) in [5, 5.41) is 0. The number of carbonyl (C=O) groups is 3. The van der Waals surface area contributed by atoms with Gasteiger partial charge in [-0.2, -0.15) is 0 Å². The van der Waals surface area contributed by atoms with Crippen LogP contribution in [0.3, 0.4) is 0 Å². The van der Waals surface area contributed by atoms with Crippen molar-refractivity contribution < 1.29 is 28.6 Å². The second kappa shape index (κ2) is 10.1. The fraction of sp³-hybridized carbons (Fsp3) is 0.320. The molecule has 0 N–H and O–H groups in total. The Balaban J connectivity index is 1.64. The van der Waals surface area contributed by atoms with Crippen LogP contribution in [0.5, 0.6) is 0 Å². The first-order valence-corrected chi connectivity index (χ1v) is 10.2. The Bertz CT molecular complexity index is 923. The van der Waals surface area contributed by atoms with Gasteiger partial charge in [0.2, 0.25) is 0 Å². The number of ketones is 1. The average Bonchev–Trinajstić information content (AvgIpc) is 3.13. The van der Waals surface area contributed by atoms with E-state index in [1.807, 2.05) is 60.7 Å². The Morgan fingerprint density at radius 1 is 0.903 bits per heavy atom. The van der Waals surface area contributed by atoms with Crippen LogP contribution in [0.4, 0.5) is 0 Å². The van der Waals surface area contributed by atoms with E-state index in [1.54, 1.807) is 6.92 Å². The third-order valence-electron chi connectivity index (χ3n) is 5.08. The topological polar surface area (TPSA) is 78.9 Å². The first-order valence-electron chi connectivity index (χ1n) is 10.2. The largest absolute Gasteiger partial charge is 0.482 e. The van der Waals surface area contributed by atoms with Crippen molar-refractivity contribution in [2.45, 2.75) is 38.7 Å². The van der Waals surface area contributed by atoms with Crippen LogP contribution in [0.25, 0.3) is 0 Å². The number of rotatable bonds is 9. The molecule has 6 nitrogen and oxygen atoms in total. The van der Waals surface area contributed by atoms with Gasteiger partial charge in [0.05, 0.1) is 18.8 Å². The summed E-state index contributed by atoms with van der Waals surface area (Å²) in [5.74, 6) is -0.732. The number of esters is 2. The van der Waals surface area contributed by atoms with Gasteiger partial charge >= 0.3 is 11.9 Å². The minimum atomic E-state index is -0.789. The zero-order chi connectivity index (χ0) is 22.3. The molecule has 0 aromatic heterocycles. The Morgan fingerprint density at radius 3 is 2.00 bits per heavy atom. The maximum atomic E-state index is 12.7. The SMILES string of the molecule is CC(=O)CC(=O)OCCCOC(=O)C1=C(C)OC(c2ccccc2)(c2ccccc2)C1. The minimum absolute atomic E-state index is 0.0892. The monoisotopic (exact) mass is 422 g/mol. The van der Waals surface area contributed by atoms with Crippen LogP contribution in [-0.4, -0.2) is 30.9 Å². The fourth-order valence-corrected chi connectivity index (χ4v) is 3.60. The molecule has 3 rings (SSSR count). The quantitative estimate of drug-likeness (QED) is 0.344. The molecule has 2 aromatic carbocycles. The average molecular weight is 422 g/mol. The normalized spacial score (nSPS) is 14.6. The molecule has 0 fully saturated rings. The van der Waals surface area contributed by atoms with E-state index in [-0.39, 0.29) is 25.4 Å². The summed E-state index contributed by atoms with van der Waals surface area (Å²) in [6, 6.07) is 19.6. The van der Waals surface area contributed by atoms with Gasteiger partial charge in [0, 0.05) is 24.0 Å². The van der Waals surface area contributed by atoms with Gasteiger partial charge in [-0.3, -0.25) is 9.59 Å². The molecule has 0 saturated carbocycles. The fourth-order valence-electron chi connectivity index (χ4n) is 3.60. The summed E-state index contributed by atoms with van der Waals surface area (Å²) in [6.07, 6.45) is 0.467. The van der Waals surface area contributed by atoms with Crippen molar-refractivity contribution in [3.63, 3.8) is 0 Å². The highest BCUT2D eigenvalue weighted by Gasteiger charge is 2.45. The molecule has 0 saturated heterocycles. The molecular formula is C25H26O6. The molecule has 0 atom stereocenters. The molecule has 0 radical (unpaired) electrons. The van der Waals surface area contributed by atoms with Gasteiger partial charge in [0.15, 0.2) is 5.60 Å². The maximum absolute atomic E-state index is 12.7. The third kappa shape index (κ3) is 5.40. The van der Waals surface area contributed by atoms with Crippen molar-refractivity contribution in [1.29, 1.82) is 0 Å². The number of benzene rings is 2. The number of allylic oxidation sites excluding steroid dienone is 1. The first-order chi connectivity index (χ1) is 14.9. The van der Waals surface area contributed by atoms with Gasteiger partial charge in [-0.25, -0.2) is 4.79 Å². The molecule has 1 aliphatic rings. The van der Waals surface area contributed by atoms with Crippen molar-refractivity contribution in [3.8, 4) is 0 Å². The van der Waals surface area contributed by atoms with Gasteiger partial charge in [0.1, 0.15) is 18.0 Å². The number of carbonyl (C=O) groups excluding carboxylic acids is 3. The van der Waals surface area contributed by atoms with Crippen molar-refractivity contribution in [2.24, 2.45) is 0 Å². The molecule has 31 heavy (non-hydrogen) atoms. The summed E-state index contributed by atoms with van der Waals surface area (Å²) in [5.41, 5.74) is 1.62. The molecule has 0 spiro atoms. The lowest BCUT2D eigenvalue weighted by Crippen LogP contribution is -2.28. The van der Waals surface area contributed by atoms with Crippen LogP contribution < -0.4 is 0 Å². The maximum Gasteiger partial charge on any atom is 0.337 e. The minimum Gasteiger partial charge on any atom is -0.482 e. The van der Waals surface area contributed by atoms with Gasteiger partial charge in [-0.15, -0.1) is 0 Å². The van der Waals surface area contributed by atoms with Crippen molar-refractivity contribution in [1.82, 2.24) is 0 Å². The highest BCUT2D eigenvalue weighted by molar-refractivity contribution is 5.94. The van der Waals surface area contributed by atoms with E-state index in [4.69, 9.17) is 14.2 Å². The van der Waals surface area contributed by atoms with Crippen LogP contribution in [0.2, 0.25) is 0 Å². The highest BCUT2D eigenvalue weighted by atomic mass is 16.6. The van der Waals surface area contributed by atoms with E-state index in [0.29, 0.717) is 24.2 Å². The smallest absolute Gasteiger partial charge is 0.337 e. The van der Waals surface area contributed by atoms with Crippen LogP contribution >= 0.6 is 0 Å². The standard InChI is InChI=1S/C25H26O6/c1-18(26)16-23(27)29-14-9-15-30-24(28)22-17-25(31-19(22)2,20-10-5-3-6-11-20)21-12-7-4-8-13-21/h3-8,10-13H,9,14-17H2,1-2H3. The van der Waals surface area contributed by atoms with E-state index in [0.717, 1.165) is 11.1 Å². The van der Waals surface area contributed by atoms with Gasteiger partial charge in [0.25, 0.3) is 0 Å². The predicted molar refractivity (Wildman–Crippen MR) is 114 cm³/mol. The molecule has 0 aliphatic carbocycles. The van der Waals surface area contributed by atoms with E-state index < -0.39 is 17.5 Å². The zero-order valence-corrected chi connectivity index (χ0v) is 17.8. The first kappa shape index (κ1) is 22.3. The Morgan fingerprint density at radius 2 is 1.45 bits per heavy atom. The van der Waals surface area contributed by atoms with Crippen LogP contribution in [0.15, 0.2) is 72.0 Å². The lowest BCUT2D eigenvalue weighted by Gasteiger charge is -2.31. The van der Waals surface area contributed by atoms with E-state index in [2.05, 4.69) is 0 Å². The molecule has 1 heterocycles. The number of hydrogen-bond acceptors (Lipinski definition) is 6. The summed E-state index contributed by atoms with van der Waals surface area (Å²) in [4.78, 5) is 35.0. The molecule has 6 heteroatoms. The number of ether oxygens (including phenoxy) is 3. The predicted octanol–water partition coefficient (Wildman–Crippen LogP) is 4.08. The van der Waals surface area contributed by atoms with Crippen LogP contribution in [-0.2, 0) is 34.2 Å². The lowest BCUT2D eigenvalue weighted by atomic mass is 9.82. The molecule has 0 bridgehead atoms. The van der Waals surface area contributed by atoms with Crippen molar-refractivity contribution in [2.75, 3.05) is 13.2 Å². The molecule has 0 amide bonds. The Kier molecular flexibility index (Phi) is 7.23. The zero-order valence-electron chi connectivity index (χ0n) is 17.8. The van der Waals surface area contributed by atoms with Gasteiger partial charge in [-0.05, 0) is 13.8 Å². The van der Waals surface area contributed by atoms with E-state index in [1.165, 1.54) is 6.92 Å². The van der Waals surface area contributed by atoms with Gasteiger partial charge < -0.3 is 14.2 Å². The van der Waals surface area contributed by atoms with Crippen molar-refractivity contribution in [3.05, 3.63) is 83.1 Å². The van der Waals surface area contributed by atoms with Crippen molar-refractivity contribution >= 4 is 17.7 Å². The third-order valence-corrected chi connectivity index (χ3v) is 5.08. The second-order valence-corrected chi connectivity index (χ2v) is 7.46.